The van der Waals surface area contributed by atoms with E-state index in [0.29, 0.717) is 5.56 Å². The Hall–Kier alpha value is -2.19. The topological polar surface area (TPSA) is 52.9 Å². The summed E-state index contributed by atoms with van der Waals surface area (Å²) in [5.41, 5.74) is 0.416. The summed E-state index contributed by atoms with van der Waals surface area (Å²) in [6.45, 7) is 0. The van der Waals surface area contributed by atoms with Crippen LogP contribution in [-0.4, -0.2) is 5.91 Å². The molecule has 0 aliphatic rings. The summed E-state index contributed by atoms with van der Waals surface area (Å²) in [6.07, 6.45) is 0. The molecule has 94 valence electrons. The van der Waals surface area contributed by atoms with Crippen molar-refractivity contribution in [2.75, 3.05) is 5.32 Å². The van der Waals surface area contributed by atoms with E-state index in [1.165, 1.54) is 18.2 Å². The Morgan fingerprint density at radius 2 is 1.89 bits per heavy atom. The normalized spacial score (nSPS) is 9.74. The standard InChI is InChI=1S/C14H8BrFN2O/c15-10-6-4-9(5-7-10)14(19)18-13-3-1-2-12(16)11(13)8-17/h1-7H,(H,18,19). The number of carbonyl (C=O) groups is 1. The number of anilines is 1. The molecule has 0 aliphatic carbocycles. The van der Waals surface area contributed by atoms with E-state index in [1.54, 1.807) is 30.3 Å². The zero-order chi connectivity index (χ0) is 13.8. The number of rotatable bonds is 2. The molecule has 0 spiro atoms. The van der Waals surface area contributed by atoms with E-state index in [9.17, 15) is 9.18 Å². The van der Waals surface area contributed by atoms with E-state index in [1.807, 2.05) is 0 Å². The molecule has 0 unspecified atom stereocenters. The van der Waals surface area contributed by atoms with Gasteiger partial charge in [-0.15, -0.1) is 0 Å². The van der Waals surface area contributed by atoms with Gasteiger partial charge in [0.25, 0.3) is 5.91 Å². The van der Waals surface area contributed by atoms with Crippen LogP contribution in [0, 0.1) is 17.1 Å². The average molecular weight is 319 g/mol. The van der Waals surface area contributed by atoms with Gasteiger partial charge >= 0.3 is 0 Å². The van der Waals surface area contributed by atoms with Crippen LogP contribution in [0.5, 0.6) is 0 Å². The van der Waals surface area contributed by atoms with Crippen LogP contribution in [0.1, 0.15) is 15.9 Å². The van der Waals surface area contributed by atoms with Gasteiger partial charge in [0.15, 0.2) is 0 Å². The van der Waals surface area contributed by atoms with Gasteiger partial charge in [-0.25, -0.2) is 4.39 Å². The van der Waals surface area contributed by atoms with Crippen molar-refractivity contribution in [2.24, 2.45) is 0 Å². The smallest absolute Gasteiger partial charge is 0.255 e. The van der Waals surface area contributed by atoms with Crippen LogP contribution in [0.15, 0.2) is 46.9 Å². The number of amides is 1. The predicted molar refractivity (Wildman–Crippen MR) is 73.2 cm³/mol. The highest BCUT2D eigenvalue weighted by atomic mass is 79.9. The van der Waals surface area contributed by atoms with E-state index in [-0.39, 0.29) is 11.3 Å². The number of hydrogen-bond acceptors (Lipinski definition) is 2. The van der Waals surface area contributed by atoms with Gasteiger partial charge in [0.1, 0.15) is 17.4 Å². The molecular weight excluding hydrogens is 311 g/mol. The Bertz CT molecular complexity index is 662. The monoisotopic (exact) mass is 318 g/mol. The van der Waals surface area contributed by atoms with Gasteiger partial charge in [-0.1, -0.05) is 22.0 Å². The number of nitrogens with zero attached hydrogens (tertiary/aromatic N) is 1. The molecule has 0 saturated heterocycles. The Labute approximate surface area is 117 Å². The third kappa shape index (κ3) is 2.98. The first-order valence-corrected chi connectivity index (χ1v) is 6.16. The summed E-state index contributed by atoms with van der Waals surface area (Å²) in [4.78, 5) is 11.9. The molecule has 2 aromatic rings. The van der Waals surface area contributed by atoms with Gasteiger partial charge in [0.2, 0.25) is 0 Å². The lowest BCUT2D eigenvalue weighted by Gasteiger charge is -2.07. The van der Waals surface area contributed by atoms with E-state index < -0.39 is 11.7 Å². The molecule has 0 fully saturated rings. The predicted octanol–water partition coefficient (Wildman–Crippen LogP) is 3.71. The fraction of sp³-hybridized carbons (Fsp3) is 0. The number of hydrogen-bond donors (Lipinski definition) is 1. The maximum atomic E-state index is 13.4. The fourth-order valence-electron chi connectivity index (χ4n) is 1.54. The van der Waals surface area contributed by atoms with E-state index >= 15 is 0 Å². The molecule has 19 heavy (non-hydrogen) atoms. The van der Waals surface area contributed by atoms with Gasteiger partial charge in [-0.05, 0) is 36.4 Å². The highest BCUT2D eigenvalue weighted by Crippen LogP contribution is 2.19. The van der Waals surface area contributed by atoms with Crippen LogP contribution in [0.3, 0.4) is 0 Å². The molecule has 1 N–H and O–H groups in total. The number of carbonyl (C=O) groups excluding carboxylic acids is 1. The van der Waals surface area contributed by atoms with E-state index in [4.69, 9.17) is 5.26 Å². The molecule has 0 atom stereocenters. The van der Waals surface area contributed by atoms with Crippen molar-refractivity contribution in [1.82, 2.24) is 0 Å². The lowest BCUT2D eigenvalue weighted by Crippen LogP contribution is -2.13. The molecule has 0 heterocycles. The molecule has 1 amide bonds. The third-order valence-corrected chi connectivity index (χ3v) is 3.01. The Morgan fingerprint density at radius 3 is 2.53 bits per heavy atom. The van der Waals surface area contributed by atoms with Gasteiger partial charge in [0, 0.05) is 10.0 Å². The summed E-state index contributed by atoms with van der Waals surface area (Å²) in [5, 5.41) is 11.4. The molecule has 2 rings (SSSR count). The average Bonchev–Trinajstić information content (AvgIpc) is 2.39. The van der Waals surface area contributed by atoms with Crippen molar-refractivity contribution < 1.29 is 9.18 Å². The zero-order valence-electron chi connectivity index (χ0n) is 9.65. The molecule has 5 heteroatoms. The largest absolute Gasteiger partial charge is 0.321 e. The minimum absolute atomic E-state index is 0.162. The maximum absolute atomic E-state index is 13.4. The van der Waals surface area contributed by atoms with Crippen molar-refractivity contribution in [2.45, 2.75) is 0 Å². The second-order valence-electron chi connectivity index (χ2n) is 3.74. The van der Waals surface area contributed by atoms with Gasteiger partial charge in [-0.3, -0.25) is 4.79 Å². The van der Waals surface area contributed by atoms with Crippen LogP contribution in [-0.2, 0) is 0 Å². The first-order chi connectivity index (χ1) is 9.11. The van der Waals surface area contributed by atoms with Crippen molar-refractivity contribution in [3.8, 4) is 6.07 Å². The van der Waals surface area contributed by atoms with Crippen molar-refractivity contribution >= 4 is 27.5 Å². The van der Waals surface area contributed by atoms with Gasteiger partial charge < -0.3 is 5.32 Å². The van der Waals surface area contributed by atoms with Crippen molar-refractivity contribution in [3.05, 3.63) is 63.9 Å². The molecule has 3 nitrogen and oxygen atoms in total. The number of halogens is 2. The van der Waals surface area contributed by atoms with Gasteiger partial charge in [0.05, 0.1) is 5.69 Å². The maximum Gasteiger partial charge on any atom is 0.255 e. The first kappa shape index (κ1) is 13.2. The Kier molecular flexibility index (Phi) is 3.93. The molecule has 0 bridgehead atoms. The SMILES string of the molecule is N#Cc1c(F)cccc1NC(=O)c1ccc(Br)cc1. The summed E-state index contributed by atoms with van der Waals surface area (Å²) in [5.74, 6) is -1.05. The minimum Gasteiger partial charge on any atom is -0.321 e. The van der Waals surface area contributed by atoms with Crippen LogP contribution in [0.4, 0.5) is 10.1 Å². The second-order valence-corrected chi connectivity index (χ2v) is 4.65. The highest BCUT2D eigenvalue weighted by molar-refractivity contribution is 9.10. The Morgan fingerprint density at radius 1 is 1.21 bits per heavy atom. The second kappa shape index (κ2) is 5.63. The zero-order valence-corrected chi connectivity index (χ0v) is 11.2. The fourth-order valence-corrected chi connectivity index (χ4v) is 1.80. The van der Waals surface area contributed by atoms with E-state index in [0.717, 1.165) is 4.47 Å². The summed E-state index contributed by atoms with van der Waals surface area (Å²) < 4.78 is 14.2. The first-order valence-electron chi connectivity index (χ1n) is 5.37. The van der Waals surface area contributed by atoms with Crippen LogP contribution >= 0.6 is 15.9 Å². The number of nitrogens with one attached hydrogen (secondary N) is 1. The van der Waals surface area contributed by atoms with Crippen LogP contribution < -0.4 is 5.32 Å². The van der Waals surface area contributed by atoms with E-state index in [2.05, 4.69) is 21.2 Å². The molecule has 0 saturated carbocycles. The number of nitriles is 1. The lowest BCUT2D eigenvalue weighted by atomic mass is 10.1. The lowest BCUT2D eigenvalue weighted by molar-refractivity contribution is 0.102. The summed E-state index contributed by atoms with van der Waals surface area (Å²) in [7, 11) is 0. The Balaban J connectivity index is 2.27. The molecule has 0 aliphatic heterocycles. The number of benzene rings is 2. The van der Waals surface area contributed by atoms with Gasteiger partial charge in [-0.2, -0.15) is 5.26 Å². The summed E-state index contributed by atoms with van der Waals surface area (Å²) >= 11 is 3.27. The molecule has 0 radical (unpaired) electrons. The highest BCUT2D eigenvalue weighted by Gasteiger charge is 2.11. The molecule has 0 aromatic heterocycles. The van der Waals surface area contributed by atoms with Crippen molar-refractivity contribution in [3.63, 3.8) is 0 Å². The minimum atomic E-state index is -0.656. The quantitative estimate of drug-likeness (QED) is 0.917. The molecule has 2 aromatic carbocycles. The summed E-state index contributed by atoms with van der Waals surface area (Å²) in [6, 6.07) is 12.5. The van der Waals surface area contributed by atoms with Crippen molar-refractivity contribution in [1.29, 1.82) is 5.26 Å². The van der Waals surface area contributed by atoms with Crippen LogP contribution in [0.2, 0.25) is 0 Å². The molecular formula is C14H8BrFN2O. The third-order valence-electron chi connectivity index (χ3n) is 2.48. The van der Waals surface area contributed by atoms with Crippen LogP contribution in [0.25, 0.3) is 0 Å².